The summed E-state index contributed by atoms with van der Waals surface area (Å²) in [6.07, 6.45) is 11.6. The molecule has 0 aromatic rings. The molecule has 0 aromatic heterocycles. The van der Waals surface area contributed by atoms with Gasteiger partial charge in [0.15, 0.2) is 0 Å². The van der Waals surface area contributed by atoms with Gasteiger partial charge in [0, 0.05) is 25.2 Å². The Hall–Kier alpha value is -0.340. The lowest BCUT2D eigenvalue weighted by Crippen LogP contribution is -2.44. The molecule has 0 saturated carbocycles. The van der Waals surface area contributed by atoms with Crippen molar-refractivity contribution in [3.63, 3.8) is 0 Å². The van der Waals surface area contributed by atoms with Gasteiger partial charge >= 0.3 is 0 Å². The van der Waals surface area contributed by atoms with Gasteiger partial charge in [-0.3, -0.25) is 4.90 Å². The summed E-state index contributed by atoms with van der Waals surface area (Å²) >= 11 is 0. The van der Waals surface area contributed by atoms with Gasteiger partial charge in [0.05, 0.1) is 0 Å². The molecule has 2 nitrogen and oxygen atoms in total. The zero-order valence-electron chi connectivity index (χ0n) is 11.5. The third-order valence-electron chi connectivity index (χ3n) is 3.91. The average Bonchev–Trinajstić information content (AvgIpc) is 2.82. The molecule has 98 valence electrons. The SMILES string of the molecule is CC(C)CN(CC1CCCN1)C1C=CCCC1. The molecule has 2 unspecified atom stereocenters. The minimum Gasteiger partial charge on any atom is -0.313 e. The van der Waals surface area contributed by atoms with Crippen molar-refractivity contribution in [3.8, 4) is 0 Å². The predicted octanol–water partition coefficient (Wildman–Crippen LogP) is 2.81. The van der Waals surface area contributed by atoms with E-state index in [2.05, 4.69) is 36.2 Å². The maximum absolute atomic E-state index is 3.63. The zero-order chi connectivity index (χ0) is 12.1. The predicted molar refractivity (Wildman–Crippen MR) is 74.2 cm³/mol. The Balaban J connectivity index is 1.91. The van der Waals surface area contributed by atoms with Crippen LogP contribution in [0.15, 0.2) is 12.2 Å². The Kier molecular flexibility index (Phi) is 5.05. The van der Waals surface area contributed by atoms with Crippen LogP contribution in [0, 0.1) is 5.92 Å². The van der Waals surface area contributed by atoms with Crippen molar-refractivity contribution < 1.29 is 0 Å². The Labute approximate surface area is 106 Å². The number of nitrogens with one attached hydrogen (secondary N) is 1. The molecule has 0 aromatic carbocycles. The smallest absolute Gasteiger partial charge is 0.0279 e. The average molecular weight is 236 g/mol. The van der Waals surface area contributed by atoms with Crippen LogP contribution < -0.4 is 5.32 Å². The van der Waals surface area contributed by atoms with Gasteiger partial charge in [-0.25, -0.2) is 0 Å². The van der Waals surface area contributed by atoms with Gasteiger partial charge in [0.1, 0.15) is 0 Å². The normalized spacial score (nSPS) is 29.4. The largest absolute Gasteiger partial charge is 0.313 e. The molecule has 2 heteroatoms. The quantitative estimate of drug-likeness (QED) is 0.738. The van der Waals surface area contributed by atoms with E-state index in [4.69, 9.17) is 0 Å². The first-order valence-electron chi connectivity index (χ1n) is 7.40. The summed E-state index contributed by atoms with van der Waals surface area (Å²) < 4.78 is 0. The minimum atomic E-state index is 0.702. The Morgan fingerprint density at radius 3 is 2.76 bits per heavy atom. The third-order valence-corrected chi connectivity index (χ3v) is 3.91. The monoisotopic (exact) mass is 236 g/mol. The summed E-state index contributed by atoms with van der Waals surface area (Å²) in [6, 6.07) is 1.44. The van der Waals surface area contributed by atoms with Gasteiger partial charge in [-0.2, -0.15) is 0 Å². The highest BCUT2D eigenvalue weighted by Crippen LogP contribution is 2.19. The van der Waals surface area contributed by atoms with Crippen LogP contribution >= 0.6 is 0 Å². The molecule has 17 heavy (non-hydrogen) atoms. The summed E-state index contributed by atoms with van der Waals surface area (Å²) in [6.45, 7) is 8.38. The third kappa shape index (κ3) is 4.11. The topological polar surface area (TPSA) is 15.3 Å². The van der Waals surface area contributed by atoms with Gasteiger partial charge in [0.2, 0.25) is 0 Å². The second kappa shape index (κ2) is 6.55. The summed E-state index contributed by atoms with van der Waals surface area (Å²) in [5.74, 6) is 0.770. The zero-order valence-corrected chi connectivity index (χ0v) is 11.5. The van der Waals surface area contributed by atoms with Crippen LogP contribution in [0.5, 0.6) is 0 Å². The van der Waals surface area contributed by atoms with E-state index < -0.39 is 0 Å². The molecule has 1 aliphatic heterocycles. The maximum atomic E-state index is 3.63. The molecule has 2 atom stereocenters. The standard InChI is InChI=1S/C15H28N2/c1-13(2)11-17(12-14-7-6-10-16-14)15-8-4-3-5-9-15/h4,8,13-16H,3,5-7,9-12H2,1-2H3. The molecule has 0 spiro atoms. The lowest BCUT2D eigenvalue weighted by molar-refractivity contribution is 0.176. The number of hydrogen-bond acceptors (Lipinski definition) is 2. The number of allylic oxidation sites excluding steroid dienone is 1. The first-order valence-corrected chi connectivity index (χ1v) is 7.40. The molecule has 0 radical (unpaired) electrons. The molecule has 0 bridgehead atoms. The highest BCUT2D eigenvalue weighted by Gasteiger charge is 2.23. The number of rotatable bonds is 5. The van der Waals surface area contributed by atoms with Crippen molar-refractivity contribution in [2.45, 2.75) is 58.0 Å². The highest BCUT2D eigenvalue weighted by molar-refractivity contribution is 4.99. The lowest BCUT2D eigenvalue weighted by Gasteiger charge is -2.34. The van der Waals surface area contributed by atoms with Crippen LogP contribution in [0.3, 0.4) is 0 Å². The van der Waals surface area contributed by atoms with Crippen LogP contribution in [-0.2, 0) is 0 Å². The fraction of sp³-hybridized carbons (Fsp3) is 0.867. The Morgan fingerprint density at radius 1 is 1.29 bits per heavy atom. The van der Waals surface area contributed by atoms with Gasteiger partial charge in [0.25, 0.3) is 0 Å². The van der Waals surface area contributed by atoms with Crippen molar-refractivity contribution in [1.29, 1.82) is 0 Å². The molecular formula is C15H28N2. The van der Waals surface area contributed by atoms with E-state index in [0.717, 1.165) is 12.0 Å². The van der Waals surface area contributed by atoms with E-state index in [1.54, 1.807) is 0 Å². The van der Waals surface area contributed by atoms with E-state index in [1.165, 1.54) is 51.7 Å². The molecule has 2 aliphatic rings. The molecular weight excluding hydrogens is 208 g/mol. The summed E-state index contributed by atoms with van der Waals surface area (Å²) in [5, 5.41) is 3.63. The fourth-order valence-corrected chi connectivity index (χ4v) is 3.11. The van der Waals surface area contributed by atoms with Gasteiger partial charge in [-0.1, -0.05) is 26.0 Å². The van der Waals surface area contributed by atoms with Crippen molar-refractivity contribution in [2.24, 2.45) is 5.92 Å². The minimum absolute atomic E-state index is 0.702. The van der Waals surface area contributed by atoms with Crippen molar-refractivity contribution >= 4 is 0 Å². The highest BCUT2D eigenvalue weighted by atomic mass is 15.2. The van der Waals surface area contributed by atoms with E-state index in [9.17, 15) is 0 Å². The molecule has 1 N–H and O–H groups in total. The van der Waals surface area contributed by atoms with Crippen LogP contribution in [0.25, 0.3) is 0 Å². The van der Waals surface area contributed by atoms with E-state index in [-0.39, 0.29) is 0 Å². The summed E-state index contributed by atoms with van der Waals surface area (Å²) in [4.78, 5) is 2.71. The lowest BCUT2D eigenvalue weighted by atomic mass is 9.99. The molecule has 1 fully saturated rings. The summed E-state index contributed by atoms with van der Waals surface area (Å²) in [7, 11) is 0. The van der Waals surface area contributed by atoms with Crippen LogP contribution in [0.4, 0.5) is 0 Å². The second-order valence-corrected chi connectivity index (χ2v) is 6.07. The summed E-state index contributed by atoms with van der Waals surface area (Å²) in [5.41, 5.74) is 0. The number of nitrogens with zero attached hydrogens (tertiary/aromatic N) is 1. The molecule has 1 aliphatic carbocycles. The molecule has 2 rings (SSSR count). The van der Waals surface area contributed by atoms with E-state index >= 15 is 0 Å². The second-order valence-electron chi connectivity index (χ2n) is 6.07. The molecule has 1 heterocycles. The van der Waals surface area contributed by atoms with E-state index in [0.29, 0.717) is 6.04 Å². The van der Waals surface area contributed by atoms with Crippen molar-refractivity contribution in [2.75, 3.05) is 19.6 Å². The maximum Gasteiger partial charge on any atom is 0.0279 e. The van der Waals surface area contributed by atoms with Crippen LogP contribution in [-0.4, -0.2) is 36.6 Å². The van der Waals surface area contributed by atoms with Gasteiger partial charge in [-0.05, 0) is 44.6 Å². The number of hydrogen-bond donors (Lipinski definition) is 1. The van der Waals surface area contributed by atoms with Crippen LogP contribution in [0.2, 0.25) is 0 Å². The molecule has 1 saturated heterocycles. The first-order chi connectivity index (χ1) is 8.25. The van der Waals surface area contributed by atoms with Gasteiger partial charge < -0.3 is 5.32 Å². The van der Waals surface area contributed by atoms with Crippen molar-refractivity contribution in [1.82, 2.24) is 10.2 Å². The first kappa shape index (κ1) is 13.1. The van der Waals surface area contributed by atoms with E-state index in [1.807, 2.05) is 0 Å². The van der Waals surface area contributed by atoms with Crippen molar-refractivity contribution in [3.05, 3.63) is 12.2 Å². The fourth-order valence-electron chi connectivity index (χ4n) is 3.11. The van der Waals surface area contributed by atoms with Gasteiger partial charge in [-0.15, -0.1) is 0 Å². The van der Waals surface area contributed by atoms with Crippen LogP contribution in [0.1, 0.15) is 46.0 Å². The molecule has 0 amide bonds. The Morgan fingerprint density at radius 2 is 2.18 bits per heavy atom. The Bertz CT molecular complexity index is 241.